The average molecular weight is 672 g/mol. The smallest absolute Gasteiger partial charge is 0.248 e. The molecule has 44 heavy (non-hydrogen) atoms. The first-order valence-corrected chi connectivity index (χ1v) is 16.8. The van der Waals surface area contributed by atoms with Gasteiger partial charge in [-0.2, -0.15) is 4.31 Å². The molecular formula is C30H34Cl2F2N4O5S. The lowest BCUT2D eigenvalue weighted by Crippen LogP contribution is -2.76. The lowest BCUT2D eigenvalue weighted by molar-refractivity contribution is -0.169. The molecule has 2 heterocycles. The van der Waals surface area contributed by atoms with Crippen molar-refractivity contribution in [2.24, 2.45) is 5.92 Å². The van der Waals surface area contributed by atoms with Crippen LogP contribution in [0.15, 0.2) is 41.3 Å². The molecule has 3 atom stereocenters. The largest absolute Gasteiger partial charge is 0.343 e. The van der Waals surface area contributed by atoms with E-state index in [0.29, 0.717) is 12.8 Å². The van der Waals surface area contributed by atoms with Crippen LogP contribution >= 0.6 is 23.2 Å². The van der Waals surface area contributed by atoms with Crippen LogP contribution in [0, 0.1) is 17.6 Å². The Morgan fingerprint density at radius 1 is 0.977 bits per heavy atom. The van der Waals surface area contributed by atoms with Crippen LogP contribution in [0.4, 0.5) is 8.78 Å². The molecule has 238 valence electrons. The standard InChI is InChI=1S/C30H34Cl2F2N4O5S/c1-17(2)36-16-27-37(44(42,43)26-11-9-20(31)14-21(26)32)15-24(35-28(39)19-6-4-3-5-7-19)29(40)38(27)25(30(36)41)13-18-8-10-22(33)23(34)12-18/h8-12,14,17,19,24-25,27H,3-7,13,15-16H2,1-2H3,(H,35,39). The lowest BCUT2D eigenvalue weighted by atomic mass is 9.88. The summed E-state index contributed by atoms with van der Waals surface area (Å²) in [6, 6.07) is 4.20. The zero-order valence-electron chi connectivity index (χ0n) is 24.3. The van der Waals surface area contributed by atoms with Gasteiger partial charge in [-0.1, -0.05) is 48.5 Å². The molecule has 0 aromatic heterocycles. The van der Waals surface area contributed by atoms with E-state index in [1.807, 2.05) is 0 Å². The quantitative estimate of drug-likeness (QED) is 0.471. The molecule has 1 N–H and O–H groups in total. The average Bonchev–Trinajstić information content (AvgIpc) is 2.97. The predicted molar refractivity (Wildman–Crippen MR) is 160 cm³/mol. The summed E-state index contributed by atoms with van der Waals surface area (Å²) in [5, 5.41) is 2.87. The molecule has 2 aliphatic heterocycles. The molecule has 0 spiro atoms. The van der Waals surface area contributed by atoms with Gasteiger partial charge >= 0.3 is 0 Å². The van der Waals surface area contributed by atoms with Crippen molar-refractivity contribution in [1.29, 1.82) is 0 Å². The first-order valence-electron chi connectivity index (χ1n) is 14.6. The Kier molecular flexibility index (Phi) is 9.55. The van der Waals surface area contributed by atoms with Crippen LogP contribution in [0.2, 0.25) is 10.0 Å². The Balaban J connectivity index is 1.59. The molecule has 3 unspecified atom stereocenters. The zero-order valence-corrected chi connectivity index (χ0v) is 26.6. The number of nitrogens with one attached hydrogen (secondary N) is 1. The molecule has 5 rings (SSSR count). The second kappa shape index (κ2) is 12.9. The van der Waals surface area contributed by atoms with Gasteiger partial charge in [0.2, 0.25) is 27.7 Å². The van der Waals surface area contributed by atoms with E-state index in [1.54, 1.807) is 13.8 Å². The first kappa shape index (κ1) is 32.6. The predicted octanol–water partition coefficient (Wildman–Crippen LogP) is 4.36. The van der Waals surface area contributed by atoms with E-state index in [0.717, 1.165) is 35.7 Å². The lowest BCUT2D eigenvalue weighted by Gasteiger charge is -2.54. The van der Waals surface area contributed by atoms with Gasteiger partial charge in [-0.05, 0) is 62.6 Å². The Morgan fingerprint density at radius 2 is 1.68 bits per heavy atom. The molecule has 3 aliphatic rings. The van der Waals surface area contributed by atoms with Gasteiger partial charge in [-0.25, -0.2) is 17.2 Å². The highest BCUT2D eigenvalue weighted by Crippen LogP contribution is 2.35. The molecule has 0 radical (unpaired) electrons. The number of sulfonamides is 1. The molecule has 1 aliphatic carbocycles. The molecule has 2 aromatic rings. The Bertz CT molecular complexity index is 1570. The van der Waals surface area contributed by atoms with Gasteiger partial charge in [-0.15, -0.1) is 0 Å². The zero-order chi connectivity index (χ0) is 31.9. The molecule has 3 amide bonds. The summed E-state index contributed by atoms with van der Waals surface area (Å²) in [4.78, 5) is 43.8. The SMILES string of the molecule is CC(C)N1CC2N(C(=O)C(NC(=O)C3CCCCC3)CN2S(=O)(=O)c2ccc(Cl)cc2Cl)C(Cc2ccc(F)c(F)c2)C1=O. The number of hydrogen-bond donors (Lipinski definition) is 1. The van der Waals surface area contributed by atoms with E-state index in [9.17, 15) is 31.6 Å². The molecule has 9 nitrogen and oxygen atoms in total. The molecule has 3 fully saturated rings. The maximum Gasteiger partial charge on any atom is 0.248 e. The van der Waals surface area contributed by atoms with Crippen LogP contribution in [0.1, 0.15) is 51.5 Å². The second-order valence-corrected chi connectivity index (χ2v) is 14.5. The number of hydrogen-bond acceptors (Lipinski definition) is 5. The van der Waals surface area contributed by atoms with E-state index in [-0.39, 0.29) is 51.3 Å². The minimum atomic E-state index is -4.42. The van der Waals surface area contributed by atoms with E-state index in [4.69, 9.17) is 23.2 Å². The summed E-state index contributed by atoms with van der Waals surface area (Å²) in [5.41, 5.74) is 0.239. The van der Waals surface area contributed by atoms with Gasteiger partial charge in [0.15, 0.2) is 11.6 Å². The van der Waals surface area contributed by atoms with Crippen molar-refractivity contribution in [3.05, 3.63) is 63.6 Å². The van der Waals surface area contributed by atoms with Crippen molar-refractivity contribution in [3.8, 4) is 0 Å². The van der Waals surface area contributed by atoms with Crippen LogP contribution in [0.25, 0.3) is 0 Å². The number of halogens is 4. The van der Waals surface area contributed by atoms with Crippen LogP contribution in [0.3, 0.4) is 0 Å². The van der Waals surface area contributed by atoms with Crippen molar-refractivity contribution in [2.45, 2.75) is 81.6 Å². The molecule has 2 aromatic carbocycles. The number of carbonyl (C=O) groups is 3. The number of carbonyl (C=O) groups excluding carboxylic acids is 3. The van der Waals surface area contributed by atoms with Crippen LogP contribution in [-0.4, -0.2) is 77.6 Å². The second-order valence-electron chi connectivity index (χ2n) is 11.8. The van der Waals surface area contributed by atoms with Gasteiger partial charge in [0.05, 0.1) is 11.6 Å². The fourth-order valence-corrected chi connectivity index (χ4v) is 8.67. The van der Waals surface area contributed by atoms with E-state index < -0.39 is 58.3 Å². The van der Waals surface area contributed by atoms with Gasteiger partial charge in [-0.3, -0.25) is 14.4 Å². The minimum Gasteiger partial charge on any atom is -0.343 e. The highest BCUT2D eigenvalue weighted by Gasteiger charge is 2.54. The van der Waals surface area contributed by atoms with Crippen LogP contribution < -0.4 is 5.32 Å². The summed E-state index contributed by atoms with van der Waals surface area (Å²) in [6.07, 6.45) is 2.68. The number of piperazine rings is 1. The summed E-state index contributed by atoms with van der Waals surface area (Å²) in [6.45, 7) is 2.98. The third kappa shape index (κ3) is 6.31. The Labute approximate surface area is 265 Å². The van der Waals surface area contributed by atoms with Crippen molar-refractivity contribution < 1.29 is 31.6 Å². The minimum absolute atomic E-state index is 0.130. The maximum absolute atomic E-state index is 14.3. The van der Waals surface area contributed by atoms with Crippen LogP contribution in [0.5, 0.6) is 0 Å². The van der Waals surface area contributed by atoms with E-state index >= 15 is 0 Å². The van der Waals surface area contributed by atoms with Crippen molar-refractivity contribution in [1.82, 2.24) is 19.4 Å². The van der Waals surface area contributed by atoms with E-state index in [1.165, 1.54) is 34.1 Å². The fraction of sp³-hybridized carbons (Fsp3) is 0.500. The first-order chi connectivity index (χ1) is 20.8. The number of rotatable bonds is 7. The Morgan fingerprint density at radius 3 is 2.32 bits per heavy atom. The topological polar surface area (TPSA) is 107 Å². The molecule has 1 saturated carbocycles. The van der Waals surface area contributed by atoms with Gasteiger partial charge < -0.3 is 15.1 Å². The monoisotopic (exact) mass is 670 g/mol. The summed E-state index contributed by atoms with van der Waals surface area (Å²) >= 11 is 12.4. The highest BCUT2D eigenvalue weighted by atomic mass is 35.5. The number of amides is 3. The highest BCUT2D eigenvalue weighted by molar-refractivity contribution is 7.89. The van der Waals surface area contributed by atoms with Crippen molar-refractivity contribution >= 4 is 50.9 Å². The number of benzene rings is 2. The van der Waals surface area contributed by atoms with Gasteiger partial charge in [0.1, 0.15) is 23.1 Å². The summed E-state index contributed by atoms with van der Waals surface area (Å²) in [5.74, 6) is -3.96. The third-order valence-corrected chi connectivity index (χ3v) is 11.2. The van der Waals surface area contributed by atoms with E-state index in [2.05, 4.69) is 5.32 Å². The third-order valence-electron chi connectivity index (χ3n) is 8.64. The molecular weight excluding hydrogens is 637 g/mol. The van der Waals surface area contributed by atoms with Gasteiger partial charge in [0, 0.05) is 29.9 Å². The van der Waals surface area contributed by atoms with Gasteiger partial charge in [0.25, 0.3) is 0 Å². The summed E-state index contributed by atoms with van der Waals surface area (Å²) < 4.78 is 57.6. The Hall–Kier alpha value is -2.80. The maximum atomic E-state index is 14.3. The normalized spacial score (nSPS) is 23.7. The number of nitrogens with zero attached hydrogens (tertiary/aromatic N) is 3. The van der Waals surface area contributed by atoms with Crippen molar-refractivity contribution in [2.75, 3.05) is 13.1 Å². The van der Waals surface area contributed by atoms with Crippen molar-refractivity contribution in [3.63, 3.8) is 0 Å². The summed E-state index contributed by atoms with van der Waals surface area (Å²) in [7, 11) is -4.42. The number of fused-ring (bicyclic) bond motifs is 1. The molecule has 2 saturated heterocycles. The molecule has 0 bridgehead atoms. The van der Waals surface area contributed by atoms with Crippen LogP contribution in [-0.2, 0) is 30.8 Å². The molecule has 14 heteroatoms. The fourth-order valence-electron chi connectivity index (χ4n) is 6.33.